The van der Waals surface area contributed by atoms with Crippen LogP contribution in [0.25, 0.3) is 10.8 Å². The van der Waals surface area contributed by atoms with E-state index in [1.165, 1.54) is 21.9 Å². The van der Waals surface area contributed by atoms with Crippen LogP contribution in [0, 0.1) is 0 Å². The fourth-order valence-corrected chi connectivity index (χ4v) is 2.50. The minimum Gasteiger partial charge on any atom is -0.373 e. The van der Waals surface area contributed by atoms with Crippen LogP contribution >= 0.6 is 0 Å². The minimum atomic E-state index is 0.463. The zero-order valence-electron chi connectivity index (χ0n) is 10.3. The van der Waals surface area contributed by atoms with E-state index in [1.807, 2.05) is 0 Å². The van der Waals surface area contributed by atoms with Crippen LogP contribution in [-0.4, -0.2) is 25.4 Å². The van der Waals surface area contributed by atoms with Gasteiger partial charge in [0.1, 0.15) is 0 Å². The lowest BCUT2D eigenvalue weighted by atomic mass is 10.0. The molecule has 2 atom stereocenters. The molecule has 0 N–H and O–H groups in total. The van der Waals surface area contributed by atoms with Gasteiger partial charge in [-0.25, -0.2) is 0 Å². The largest absolute Gasteiger partial charge is 0.373 e. The van der Waals surface area contributed by atoms with Crippen molar-refractivity contribution in [2.75, 3.05) is 13.2 Å². The lowest BCUT2D eigenvalue weighted by Gasteiger charge is -2.05. The number of benzene rings is 2. The molecule has 0 bridgehead atoms. The molecule has 0 saturated carbocycles. The normalized spacial score (nSPS) is 25.3. The van der Waals surface area contributed by atoms with Crippen LogP contribution in [0.2, 0.25) is 0 Å². The summed E-state index contributed by atoms with van der Waals surface area (Å²) in [7, 11) is 0. The Morgan fingerprint density at radius 1 is 0.778 bits per heavy atom. The van der Waals surface area contributed by atoms with Gasteiger partial charge in [-0.1, -0.05) is 36.4 Å². The van der Waals surface area contributed by atoms with Gasteiger partial charge in [0, 0.05) is 12.8 Å². The van der Waals surface area contributed by atoms with Crippen LogP contribution < -0.4 is 0 Å². The fraction of sp³-hybridized carbons (Fsp3) is 0.375. The van der Waals surface area contributed by atoms with Crippen molar-refractivity contribution in [3.05, 3.63) is 47.5 Å². The molecule has 2 aliphatic heterocycles. The first-order chi connectivity index (χ1) is 8.87. The second kappa shape index (κ2) is 4.08. The Morgan fingerprint density at radius 3 is 1.72 bits per heavy atom. The first kappa shape index (κ1) is 10.5. The van der Waals surface area contributed by atoms with Gasteiger partial charge in [-0.3, -0.25) is 0 Å². The van der Waals surface area contributed by atoms with Crippen LogP contribution in [0.4, 0.5) is 0 Å². The van der Waals surface area contributed by atoms with Gasteiger partial charge in [0.2, 0.25) is 0 Å². The number of rotatable bonds is 4. The van der Waals surface area contributed by atoms with E-state index in [1.54, 1.807) is 0 Å². The van der Waals surface area contributed by atoms with E-state index >= 15 is 0 Å². The number of epoxide rings is 2. The molecule has 2 saturated heterocycles. The van der Waals surface area contributed by atoms with Crippen molar-refractivity contribution in [3.63, 3.8) is 0 Å². The van der Waals surface area contributed by atoms with Gasteiger partial charge in [0.15, 0.2) is 0 Å². The van der Waals surface area contributed by atoms with E-state index in [2.05, 4.69) is 36.4 Å². The summed E-state index contributed by atoms with van der Waals surface area (Å²) in [6.45, 7) is 1.86. The van der Waals surface area contributed by atoms with Crippen LogP contribution in [0.15, 0.2) is 36.4 Å². The molecule has 0 aromatic heterocycles. The summed E-state index contributed by atoms with van der Waals surface area (Å²) in [4.78, 5) is 0. The number of ether oxygens (including phenoxy) is 2. The number of fused-ring (bicyclic) bond motifs is 1. The van der Waals surface area contributed by atoms with Gasteiger partial charge in [0.05, 0.1) is 25.4 Å². The van der Waals surface area contributed by atoms with Gasteiger partial charge in [-0.2, -0.15) is 0 Å². The van der Waals surface area contributed by atoms with Crippen molar-refractivity contribution in [2.45, 2.75) is 25.0 Å². The van der Waals surface area contributed by atoms with E-state index in [0.29, 0.717) is 12.2 Å². The monoisotopic (exact) mass is 240 g/mol. The molecule has 92 valence electrons. The Morgan fingerprint density at radius 2 is 1.28 bits per heavy atom. The molecule has 2 heteroatoms. The molecule has 18 heavy (non-hydrogen) atoms. The number of hydrogen-bond donors (Lipinski definition) is 0. The van der Waals surface area contributed by atoms with Crippen molar-refractivity contribution in [1.82, 2.24) is 0 Å². The van der Waals surface area contributed by atoms with Gasteiger partial charge in [-0.05, 0) is 21.9 Å². The van der Waals surface area contributed by atoms with Gasteiger partial charge < -0.3 is 9.47 Å². The fourth-order valence-electron chi connectivity index (χ4n) is 2.50. The molecule has 4 rings (SSSR count). The molecule has 0 aliphatic carbocycles. The quantitative estimate of drug-likeness (QED) is 0.768. The molecule has 2 fully saturated rings. The third kappa shape index (κ3) is 2.26. The molecular formula is C16H16O2. The maximum absolute atomic E-state index is 5.29. The maximum Gasteiger partial charge on any atom is 0.0850 e. The molecule has 2 nitrogen and oxygen atoms in total. The van der Waals surface area contributed by atoms with E-state index in [4.69, 9.17) is 9.47 Å². The van der Waals surface area contributed by atoms with Crippen molar-refractivity contribution in [3.8, 4) is 0 Å². The zero-order chi connectivity index (χ0) is 11.9. The van der Waals surface area contributed by atoms with Gasteiger partial charge in [-0.15, -0.1) is 0 Å². The summed E-state index contributed by atoms with van der Waals surface area (Å²) < 4.78 is 10.6. The molecular weight excluding hydrogens is 224 g/mol. The first-order valence-electron chi connectivity index (χ1n) is 6.61. The topological polar surface area (TPSA) is 25.1 Å². The van der Waals surface area contributed by atoms with Crippen molar-refractivity contribution < 1.29 is 9.47 Å². The van der Waals surface area contributed by atoms with Gasteiger partial charge >= 0.3 is 0 Å². The predicted octanol–water partition coefficient (Wildman–Crippen LogP) is 2.72. The summed E-state index contributed by atoms with van der Waals surface area (Å²) in [6, 6.07) is 13.5. The Bertz CT molecular complexity index is 534. The lowest BCUT2D eigenvalue weighted by Crippen LogP contribution is -1.94. The van der Waals surface area contributed by atoms with E-state index in [9.17, 15) is 0 Å². The molecule has 0 spiro atoms. The third-order valence-corrected chi connectivity index (χ3v) is 3.70. The Kier molecular flexibility index (Phi) is 2.39. The maximum atomic E-state index is 5.29. The second-order valence-electron chi connectivity index (χ2n) is 5.33. The SMILES string of the molecule is c1cc2ccc(CC3CO3)cc2cc1CC1CO1. The van der Waals surface area contributed by atoms with Crippen LogP contribution in [-0.2, 0) is 22.3 Å². The lowest BCUT2D eigenvalue weighted by molar-refractivity contribution is 0.407. The van der Waals surface area contributed by atoms with Crippen LogP contribution in [0.1, 0.15) is 11.1 Å². The Labute approximate surface area is 107 Å². The van der Waals surface area contributed by atoms with Crippen molar-refractivity contribution in [2.24, 2.45) is 0 Å². The summed E-state index contributed by atoms with van der Waals surface area (Å²) in [6.07, 6.45) is 3.02. The van der Waals surface area contributed by atoms with Crippen LogP contribution in [0.3, 0.4) is 0 Å². The molecule has 0 radical (unpaired) electrons. The van der Waals surface area contributed by atoms with E-state index in [-0.39, 0.29) is 0 Å². The van der Waals surface area contributed by atoms with E-state index in [0.717, 1.165) is 26.1 Å². The average molecular weight is 240 g/mol. The summed E-state index contributed by atoms with van der Waals surface area (Å²) in [5.74, 6) is 0. The molecule has 2 aromatic rings. The van der Waals surface area contributed by atoms with Gasteiger partial charge in [0.25, 0.3) is 0 Å². The highest BCUT2D eigenvalue weighted by Gasteiger charge is 2.23. The molecule has 2 aliphatic rings. The van der Waals surface area contributed by atoms with Crippen LogP contribution in [0.5, 0.6) is 0 Å². The molecule has 0 amide bonds. The summed E-state index contributed by atoms with van der Waals surface area (Å²) >= 11 is 0. The zero-order valence-corrected chi connectivity index (χ0v) is 10.3. The predicted molar refractivity (Wildman–Crippen MR) is 70.8 cm³/mol. The van der Waals surface area contributed by atoms with E-state index < -0.39 is 0 Å². The smallest absolute Gasteiger partial charge is 0.0850 e. The third-order valence-electron chi connectivity index (χ3n) is 3.70. The summed E-state index contributed by atoms with van der Waals surface area (Å²) in [5, 5.41) is 2.65. The average Bonchev–Trinajstić information content (AvgIpc) is 3.25. The highest BCUT2D eigenvalue weighted by molar-refractivity contribution is 5.83. The molecule has 2 unspecified atom stereocenters. The van der Waals surface area contributed by atoms with Crippen molar-refractivity contribution in [1.29, 1.82) is 0 Å². The second-order valence-corrected chi connectivity index (χ2v) is 5.33. The minimum absolute atomic E-state index is 0.463. The summed E-state index contributed by atoms with van der Waals surface area (Å²) in [5.41, 5.74) is 2.76. The Hall–Kier alpha value is -1.38. The standard InChI is InChI=1S/C16H16O2/c1-3-13-4-2-12(8-16-10-18-16)6-14(13)5-11(1)7-15-9-17-15/h1-6,15-16H,7-10H2. The highest BCUT2D eigenvalue weighted by atomic mass is 16.6. The molecule has 2 heterocycles. The van der Waals surface area contributed by atoms with Crippen molar-refractivity contribution >= 4 is 10.8 Å². The Balaban J connectivity index is 1.65. The highest BCUT2D eigenvalue weighted by Crippen LogP contribution is 2.24. The molecule has 2 aromatic carbocycles. The number of hydrogen-bond acceptors (Lipinski definition) is 2. The first-order valence-corrected chi connectivity index (χ1v) is 6.61.